The second-order valence-corrected chi connectivity index (χ2v) is 9.29. The fraction of sp³-hybridized carbons (Fsp3) is 0.600. The van der Waals surface area contributed by atoms with Gasteiger partial charge in [0.05, 0.1) is 0 Å². The van der Waals surface area contributed by atoms with Gasteiger partial charge in [-0.25, -0.2) is 0 Å². The largest absolute Gasteiger partial charge is 0.343 e. The van der Waals surface area contributed by atoms with E-state index in [0.717, 1.165) is 38.8 Å². The van der Waals surface area contributed by atoms with Crippen LogP contribution < -0.4 is 5.32 Å². The average Bonchev–Trinajstić information content (AvgIpc) is 3.12. The average molecular weight is 409 g/mol. The van der Waals surface area contributed by atoms with Crippen LogP contribution in [0, 0.1) is 5.92 Å². The summed E-state index contributed by atoms with van der Waals surface area (Å²) >= 11 is 0. The zero-order valence-electron chi connectivity index (χ0n) is 18.6. The van der Waals surface area contributed by atoms with Crippen LogP contribution in [0.15, 0.2) is 30.3 Å². The summed E-state index contributed by atoms with van der Waals surface area (Å²) in [6.45, 7) is 1.95. The highest BCUT2D eigenvalue weighted by atomic mass is 16.2. The van der Waals surface area contributed by atoms with Crippen molar-refractivity contribution in [3.8, 4) is 0 Å². The van der Waals surface area contributed by atoms with Gasteiger partial charge in [0.25, 0.3) is 5.91 Å². The molecule has 1 N–H and O–H groups in total. The van der Waals surface area contributed by atoms with E-state index in [1.54, 1.807) is 4.90 Å². The second-order valence-electron chi connectivity index (χ2n) is 9.29. The molecule has 4 rings (SSSR count). The van der Waals surface area contributed by atoms with Gasteiger partial charge in [-0.1, -0.05) is 49.6 Å². The fourth-order valence-corrected chi connectivity index (χ4v) is 5.08. The minimum Gasteiger partial charge on any atom is -0.343 e. The van der Waals surface area contributed by atoms with Crippen molar-refractivity contribution in [3.05, 3.63) is 52.8 Å². The Balaban J connectivity index is 1.45. The first-order valence-corrected chi connectivity index (χ1v) is 11.7. The molecule has 1 amide bonds. The van der Waals surface area contributed by atoms with Crippen LogP contribution in [0.3, 0.4) is 0 Å². The van der Waals surface area contributed by atoms with E-state index in [4.69, 9.17) is 5.10 Å². The lowest BCUT2D eigenvalue weighted by Gasteiger charge is -2.26. The van der Waals surface area contributed by atoms with Gasteiger partial charge in [0.15, 0.2) is 5.69 Å². The highest BCUT2D eigenvalue weighted by Crippen LogP contribution is 2.30. The van der Waals surface area contributed by atoms with E-state index in [1.165, 1.54) is 48.9 Å². The van der Waals surface area contributed by atoms with Crippen LogP contribution in [0.2, 0.25) is 0 Å². The third-order valence-electron chi connectivity index (χ3n) is 6.80. The quantitative estimate of drug-likeness (QED) is 0.757. The molecule has 1 aromatic carbocycles. The molecule has 2 aromatic rings. The Hall–Kier alpha value is -2.14. The molecule has 5 heteroatoms. The van der Waals surface area contributed by atoms with Crippen molar-refractivity contribution in [3.63, 3.8) is 0 Å². The molecule has 5 nitrogen and oxygen atoms in total. The predicted octanol–water partition coefficient (Wildman–Crippen LogP) is 3.85. The molecule has 0 bridgehead atoms. The lowest BCUT2D eigenvalue weighted by Crippen LogP contribution is -2.37. The molecule has 1 saturated carbocycles. The molecule has 0 saturated heterocycles. The Bertz CT molecular complexity index is 836. The summed E-state index contributed by atoms with van der Waals surface area (Å²) < 4.78 is 2.20. The Morgan fingerprint density at radius 1 is 1.13 bits per heavy atom. The molecule has 0 spiro atoms. The number of nitrogens with zero attached hydrogens (tertiary/aromatic N) is 3. The van der Waals surface area contributed by atoms with Crippen LogP contribution in [-0.4, -0.2) is 47.3 Å². The predicted molar refractivity (Wildman–Crippen MR) is 121 cm³/mol. The number of carbonyl (C=O) groups is 1. The number of aromatic nitrogens is 2. The van der Waals surface area contributed by atoms with Crippen molar-refractivity contribution in [2.45, 2.75) is 70.4 Å². The summed E-state index contributed by atoms with van der Waals surface area (Å²) in [6.07, 6.45) is 10.7. The molecular formula is C25H36N4O. The van der Waals surface area contributed by atoms with Gasteiger partial charge in [-0.2, -0.15) is 5.10 Å². The van der Waals surface area contributed by atoms with E-state index in [-0.39, 0.29) is 5.91 Å². The highest BCUT2D eigenvalue weighted by molar-refractivity contribution is 5.93. The Kier molecular flexibility index (Phi) is 6.88. The van der Waals surface area contributed by atoms with Crippen LogP contribution in [0.5, 0.6) is 0 Å². The summed E-state index contributed by atoms with van der Waals surface area (Å²) in [5.41, 5.74) is 4.55. The maximum atomic E-state index is 12.9. The van der Waals surface area contributed by atoms with Gasteiger partial charge in [0.1, 0.15) is 0 Å². The van der Waals surface area contributed by atoms with Crippen LogP contribution >= 0.6 is 0 Å². The Morgan fingerprint density at radius 3 is 2.63 bits per heavy atom. The number of nitrogens with one attached hydrogen (secondary N) is 1. The third kappa shape index (κ3) is 4.94. The number of benzene rings is 1. The van der Waals surface area contributed by atoms with Crippen LogP contribution in [-0.2, 0) is 25.8 Å². The van der Waals surface area contributed by atoms with Crippen molar-refractivity contribution in [1.82, 2.24) is 20.0 Å². The first-order valence-electron chi connectivity index (χ1n) is 11.7. The molecule has 1 unspecified atom stereocenters. The molecule has 1 aromatic heterocycles. The van der Waals surface area contributed by atoms with Gasteiger partial charge in [0, 0.05) is 37.9 Å². The molecule has 0 radical (unpaired) electrons. The van der Waals surface area contributed by atoms with Gasteiger partial charge >= 0.3 is 0 Å². The van der Waals surface area contributed by atoms with Gasteiger partial charge in [-0.15, -0.1) is 0 Å². The van der Waals surface area contributed by atoms with E-state index in [2.05, 4.69) is 40.3 Å². The molecule has 0 aliphatic heterocycles. The minimum absolute atomic E-state index is 0.0404. The van der Waals surface area contributed by atoms with Gasteiger partial charge < -0.3 is 10.2 Å². The number of fused-ring (bicyclic) bond motifs is 1. The van der Waals surface area contributed by atoms with Gasteiger partial charge in [0.2, 0.25) is 0 Å². The van der Waals surface area contributed by atoms with Crippen LogP contribution in [0.25, 0.3) is 0 Å². The lowest BCUT2D eigenvalue weighted by atomic mass is 9.88. The summed E-state index contributed by atoms with van der Waals surface area (Å²) in [5.74, 6) is 0.755. The first-order chi connectivity index (χ1) is 14.6. The zero-order valence-corrected chi connectivity index (χ0v) is 18.6. The Morgan fingerprint density at radius 2 is 1.90 bits per heavy atom. The van der Waals surface area contributed by atoms with Crippen LogP contribution in [0.1, 0.15) is 65.8 Å². The molecular weight excluding hydrogens is 372 g/mol. The molecule has 1 atom stereocenters. The summed E-state index contributed by atoms with van der Waals surface area (Å²) in [7, 11) is 3.65. The van der Waals surface area contributed by atoms with Crippen molar-refractivity contribution in [1.29, 1.82) is 0 Å². The van der Waals surface area contributed by atoms with Gasteiger partial charge in [-0.3, -0.25) is 9.48 Å². The van der Waals surface area contributed by atoms with Crippen molar-refractivity contribution in [2.24, 2.45) is 5.92 Å². The lowest BCUT2D eigenvalue weighted by molar-refractivity contribution is 0.0819. The SMILES string of the molecule is CN(C)C(=O)c1nn(CC2CCCCC2)c2c1CC(NCCc1ccccc1)CC2. The number of hydrogen-bond donors (Lipinski definition) is 1. The van der Waals surface area contributed by atoms with E-state index < -0.39 is 0 Å². The highest BCUT2D eigenvalue weighted by Gasteiger charge is 2.30. The fourth-order valence-electron chi connectivity index (χ4n) is 5.08. The normalized spacial score (nSPS) is 19.5. The van der Waals surface area contributed by atoms with Crippen molar-refractivity contribution in [2.75, 3.05) is 20.6 Å². The molecule has 2 aliphatic carbocycles. The maximum Gasteiger partial charge on any atom is 0.274 e. The van der Waals surface area contributed by atoms with Gasteiger partial charge in [-0.05, 0) is 56.6 Å². The second kappa shape index (κ2) is 9.78. The summed E-state index contributed by atoms with van der Waals surface area (Å²) in [5, 5.41) is 8.60. The smallest absolute Gasteiger partial charge is 0.274 e. The standard InChI is InChI=1S/C25H36N4O/c1-28(2)25(30)24-22-17-21(26-16-15-19-9-5-3-6-10-19)13-14-23(22)29(27-24)18-20-11-7-4-8-12-20/h3,5-6,9-10,20-21,26H,4,7-8,11-18H2,1-2H3. The summed E-state index contributed by atoms with van der Waals surface area (Å²) in [4.78, 5) is 14.5. The number of amides is 1. The molecule has 2 aliphatic rings. The number of rotatable bonds is 7. The minimum atomic E-state index is 0.0404. The molecule has 162 valence electrons. The van der Waals surface area contributed by atoms with Crippen molar-refractivity contribution >= 4 is 5.91 Å². The Labute approximate surface area is 180 Å². The molecule has 1 fully saturated rings. The molecule has 1 heterocycles. The number of carbonyl (C=O) groups excluding carboxylic acids is 1. The topological polar surface area (TPSA) is 50.2 Å². The van der Waals surface area contributed by atoms with Crippen molar-refractivity contribution < 1.29 is 4.79 Å². The monoisotopic (exact) mass is 408 g/mol. The summed E-state index contributed by atoms with van der Waals surface area (Å²) in [6, 6.07) is 11.0. The number of hydrogen-bond acceptors (Lipinski definition) is 3. The van der Waals surface area contributed by atoms with E-state index in [9.17, 15) is 4.79 Å². The molecule has 30 heavy (non-hydrogen) atoms. The van der Waals surface area contributed by atoms with E-state index in [0.29, 0.717) is 17.7 Å². The van der Waals surface area contributed by atoms with Crippen LogP contribution in [0.4, 0.5) is 0 Å². The first kappa shape index (κ1) is 21.1. The zero-order chi connectivity index (χ0) is 20.9. The van der Waals surface area contributed by atoms with E-state index in [1.807, 2.05) is 14.1 Å². The maximum absolute atomic E-state index is 12.9. The third-order valence-corrected chi connectivity index (χ3v) is 6.80. The van der Waals surface area contributed by atoms with E-state index >= 15 is 0 Å².